The molecule has 0 rings (SSSR count). The van der Waals surface area contributed by atoms with E-state index in [1.807, 2.05) is 0 Å². The van der Waals surface area contributed by atoms with Crippen LogP contribution in [0, 0.1) is 0 Å². The molecule has 0 bridgehead atoms. The summed E-state index contributed by atoms with van der Waals surface area (Å²) in [4.78, 5) is 21.0. The summed E-state index contributed by atoms with van der Waals surface area (Å²) in [5, 5.41) is 2.06. The Hall–Kier alpha value is -0.910. The first-order valence-electron chi connectivity index (χ1n) is 3.23. The monoisotopic (exact) mass is 193 g/mol. The van der Waals surface area contributed by atoms with Crippen molar-refractivity contribution in [3.8, 4) is 0 Å². The molecule has 1 N–H and O–H groups in total. The number of carbonyl (C=O) groups is 2. The highest BCUT2D eigenvalue weighted by atomic mass is 32.2. The number of thioether (sulfide) groups is 1. The van der Waals surface area contributed by atoms with Gasteiger partial charge in [-0.05, 0) is 11.8 Å². The van der Waals surface area contributed by atoms with Gasteiger partial charge in [-0.3, -0.25) is 0 Å². The largest absolute Gasteiger partial charge is 0.461 e. The average molecular weight is 193 g/mol. The van der Waals surface area contributed by atoms with Gasteiger partial charge in [0.15, 0.2) is 0 Å². The van der Waals surface area contributed by atoms with Gasteiger partial charge in [-0.1, -0.05) is 0 Å². The van der Waals surface area contributed by atoms with E-state index in [4.69, 9.17) is 0 Å². The molecule has 0 spiro atoms. The molecule has 0 radical (unpaired) electrons. The standard InChI is InChI=1S/C6H11NO4S/c1-10-5(8)7-3-4-12-6(9)11-2/h3-4H2,1-2H3,(H,7,8). The zero-order valence-electron chi connectivity index (χ0n) is 6.96. The highest BCUT2D eigenvalue weighted by Crippen LogP contribution is 2.01. The van der Waals surface area contributed by atoms with E-state index in [2.05, 4.69) is 14.8 Å². The first-order valence-corrected chi connectivity index (χ1v) is 4.21. The minimum Gasteiger partial charge on any atom is -0.461 e. The number of carbonyl (C=O) groups excluding carboxylic acids is 2. The van der Waals surface area contributed by atoms with Crippen LogP contribution in [-0.2, 0) is 9.47 Å². The second-order valence-electron chi connectivity index (χ2n) is 1.72. The van der Waals surface area contributed by atoms with E-state index in [1.54, 1.807) is 0 Å². The molecule has 0 atom stereocenters. The predicted molar refractivity (Wildman–Crippen MR) is 45.3 cm³/mol. The minimum absolute atomic E-state index is 0.360. The Morgan fingerprint density at radius 3 is 2.50 bits per heavy atom. The Balaban J connectivity index is 3.21. The van der Waals surface area contributed by atoms with Crippen molar-refractivity contribution in [1.82, 2.24) is 5.32 Å². The van der Waals surface area contributed by atoms with Crippen LogP contribution in [0.25, 0.3) is 0 Å². The summed E-state index contributed by atoms with van der Waals surface area (Å²) in [7, 11) is 2.59. The molecule has 0 aromatic heterocycles. The molecular weight excluding hydrogens is 182 g/mol. The van der Waals surface area contributed by atoms with Gasteiger partial charge in [-0.15, -0.1) is 0 Å². The molecule has 70 valence electrons. The molecule has 0 aromatic carbocycles. The first kappa shape index (κ1) is 11.1. The lowest BCUT2D eigenvalue weighted by Gasteiger charge is -2.01. The van der Waals surface area contributed by atoms with Crippen molar-refractivity contribution in [2.24, 2.45) is 0 Å². The number of rotatable bonds is 3. The fraction of sp³-hybridized carbons (Fsp3) is 0.667. The van der Waals surface area contributed by atoms with Crippen LogP contribution in [0.3, 0.4) is 0 Å². The quantitative estimate of drug-likeness (QED) is 0.531. The third-order valence-electron chi connectivity index (χ3n) is 0.943. The van der Waals surface area contributed by atoms with Crippen LogP contribution in [0.5, 0.6) is 0 Å². The summed E-state index contributed by atoms with van der Waals surface area (Å²) in [6.07, 6.45) is -0.500. The van der Waals surface area contributed by atoms with Crippen LogP contribution < -0.4 is 5.32 Å². The fourth-order valence-corrected chi connectivity index (χ4v) is 0.907. The van der Waals surface area contributed by atoms with Crippen LogP contribution in [0.1, 0.15) is 0 Å². The Morgan fingerprint density at radius 1 is 1.33 bits per heavy atom. The van der Waals surface area contributed by atoms with Crippen LogP contribution in [0.4, 0.5) is 9.59 Å². The van der Waals surface area contributed by atoms with E-state index in [-0.39, 0.29) is 5.30 Å². The summed E-state index contributed by atoms with van der Waals surface area (Å²) in [5.74, 6) is 0.474. The van der Waals surface area contributed by atoms with E-state index < -0.39 is 6.09 Å². The molecule has 0 unspecified atom stereocenters. The molecule has 0 heterocycles. The highest BCUT2D eigenvalue weighted by molar-refractivity contribution is 8.13. The van der Waals surface area contributed by atoms with Gasteiger partial charge in [0.1, 0.15) is 0 Å². The number of hydrogen-bond donors (Lipinski definition) is 1. The number of ether oxygens (including phenoxy) is 2. The van der Waals surface area contributed by atoms with Gasteiger partial charge in [0, 0.05) is 12.3 Å². The lowest BCUT2D eigenvalue weighted by Crippen LogP contribution is -2.25. The van der Waals surface area contributed by atoms with E-state index in [0.717, 1.165) is 11.8 Å². The van der Waals surface area contributed by atoms with E-state index in [9.17, 15) is 9.59 Å². The molecule has 0 saturated heterocycles. The van der Waals surface area contributed by atoms with Crippen molar-refractivity contribution in [3.05, 3.63) is 0 Å². The molecule has 0 saturated carbocycles. The molecule has 0 aliphatic carbocycles. The lowest BCUT2D eigenvalue weighted by atomic mass is 10.7. The van der Waals surface area contributed by atoms with Crippen LogP contribution in [0.2, 0.25) is 0 Å². The number of amides is 1. The maximum absolute atomic E-state index is 10.5. The number of methoxy groups -OCH3 is 2. The van der Waals surface area contributed by atoms with Gasteiger partial charge in [0.25, 0.3) is 0 Å². The van der Waals surface area contributed by atoms with Gasteiger partial charge in [0.05, 0.1) is 14.2 Å². The summed E-state index contributed by atoms with van der Waals surface area (Å²) in [6, 6.07) is 0. The van der Waals surface area contributed by atoms with Gasteiger partial charge in [-0.25, -0.2) is 9.59 Å². The van der Waals surface area contributed by atoms with E-state index in [0.29, 0.717) is 12.3 Å². The van der Waals surface area contributed by atoms with Crippen molar-refractivity contribution >= 4 is 23.2 Å². The van der Waals surface area contributed by atoms with Gasteiger partial charge in [0.2, 0.25) is 0 Å². The molecule has 0 aliphatic heterocycles. The normalized spacial score (nSPS) is 8.83. The zero-order chi connectivity index (χ0) is 9.40. The Bertz CT molecular complexity index is 144. The summed E-state index contributed by atoms with van der Waals surface area (Å²) < 4.78 is 8.67. The molecule has 0 fully saturated rings. The Labute approximate surface area is 74.8 Å². The second kappa shape index (κ2) is 6.78. The van der Waals surface area contributed by atoms with Gasteiger partial charge < -0.3 is 14.8 Å². The average Bonchev–Trinajstić information content (AvgIpc) is 2.11. The smallest absolute Gasteiger partial charge is 0.406 e. The van der Waals surface area contributed by atoms with E-state index >= 15 is 0 Å². The highest BCUT2D eigenvalue weighted by Gasteiger charge is 2.01. The Morgan fingerprint density at radius 2 is 2.00 bits per heavy atom. The third-order valence-corrected chi connectivity index (χ3v) is 1.75. The topological polar surface area (TPSA) is 64.6 Å². The minimum atomic E-state index is -0.500. The lowest BCUT2D eigenvalue weighted by molar-refractivity contribution is 0.171. The van der Waals surface area contributed by atoms with Crippen molar-refractivity contribution in [1.29, 1.82) is 0 Å². The maximum Gasteiger partial charge on any atom is 0.406 e. The second-order valence-corrected chi connectivity index (χ2v) is 2.75. The molecule has 6 heteroatoms. The van der Waals surface area contributed by atoms with Crippen LogP contribution in [-0.4, -0.2) is 37.9 Å². The van der Waals surface area contributed by atoms with Crippen LogP contribution >= 0.6 is 11.8 Å². The van der Waals surface area contributed by atoms with E-state index in [1.165, 1.54) is 14.2 Å². The number of nitrogens with one attached hydrogen (secondary N) is 1. The SMILES string of the molecule is COC(=O)NCCSC(=O)OC. The summed E-state index contributed by atoms with van der Waals surface area (Å²) in [5.41, 5.74) is 0. The number of hydrogen-bond acceptors (Lipinski definition) is 5. The molecule has 0 aliphatic rings. The third kappa shape index (κ3) is 5.84. The number of alkyl carbamates (subject to hydrolysis) is 1. The van der Waals surface area contributed by atoms with Gasteiger partial charge in [-0.2, -0.15) is 0 Å². The van der Waals surface area contributed by atoms with Crippen molar-refractivity contribution in [2.75, 3.05) is 26.5 Å². The molecular formula is C6H11NO4S. The summed E-state index contributed by atoms with van der Waals surface area (Å²) >= 11 is 0.997. The van der Waals surface area contributed by atoms with Crippen molar-refractivity contribution in [2.45, 2.75) is 0 Å². The molecule has 0 aromatic rings. The predicted octanol–water partition coefficient (Wildman–Crippen LogP) is 0.842. The zero-order valence-corrected chi connectivity index (χ0v) is 7.77. The van der Waals surface area contributed by atoms with Crippen molar-refractivity contribution < 1.29 is 19.1 Å². The summed E-state index contributed by atoms with van der Waals surface area (Å²) in [6.45, 7) is 0.381. The molecule has 12 heavy (non-hydrogen) atoms. The van der Waals surface area contributed by atoms with Crippen LogP contribution in [0.15, 0.2) is 0 Å². The maximum atomic E-state index is 10.5. The van der Waals surface area contributed by atoms with Crippen molar-refractivity contribution in [3.63, 3.8) is 0 Å². The van der Waals surface area contributed by atoms with Gasteiger partial charge >= 0.3 is 11.4 Å². The first-order chi connectivity index (χ1) is 5.70. The Kier molecular flexibility index (Phi) is 6.26. The molecule has 1 amide bonds. The molecule has 5 nitrogen and oxygen atoms in total. The fourth-order valence-electron chi connectivity index (χ4n) is 0.419.